The molecule has 0 fully saturated rings. The third-order valence-electron chi connectivity index (χ3n) is 7.17. The summed E-state index contributed by atoms with van der Waals surface area (Å²) in [6.07, 6.45) is 0.925. The van der Waals surface area contributed by atoms with Crippen LogP contribution in [0.4, 0.5) is 5.69 Å². The third-order valence-corrected chi connectivity index (χ3v) is 9.74. The molecule has 7 nitrogen and oxygen atoms in total. The van der Waals surface area contributed by atoms with Gasteiger partial charge in [-0.2, -0.15) is 0 Å². The van der Waals surface area contributed by atoms with Crippen LogP contribution in [-0.2, 0) is 32.6 Å². The predicted molar refractivity (Wildman–Crippen MR) is 176 cm³/mol. The van der Waals surface area contributed by atoms with Crippen molar-refractivity contribution in [3.63, 3.8) is 0 Å². The molecular weight excluding hydrogens is 617 g/mol. The van der Waals surface area contributed by atoms with Crippen molar-refractivity contribution in [3.8, 4) is 0 Å². The van der Waals surface area contributed by atoms with Crippen LogP contribution in [0.2, 0.25) is 10.0 Å². The molecule has 0 bridgehead atoms. The summed E-state index contributed by atoms with van der Waals surface area (Å²) < 4.78 is 29.1. The minimum atomic E-state index is -4.21. The van der Waals surface area contributed by atoms with Crippen molar-refractivity contribution in [1.82, 2.24) is 10.2 Å². The normalized spacial score (nSPS) is 11.9. The Labute approximate surface area is 269 Å². The zero-order valence-corrected chi connectivity index (χ0v) is 26.9. The molecule has 44 heavy (non-hydrogen) atoms. The number of nitrogens with one attached hydrogen (secondary N) is 1. The average molecular weight is 653 g/mol. The second kappa shape index (κ2) is 15.2. The van der Waals surface area contributed by atoms with Crippen molar-refractivity contribution in [2.45, 2.75) is 44.2 Å². The van der Waals surface area contributed by atoms with E-state index >= 15 is 0 Å². The smallest absolute Gasteiger partial charge is 0.264 e. The molecule has 0 saturated heterocycles. The molecule has 10 heteroatoms. The van der Waals surface area contributed by atoms with Gasteiger partial charge in [0.25, 0.3) is 10.0 Å². The minimum Gasteiger partial charge on any atom is -0.354 e. The van der Waals surface area contributed by atoms with E-state index in [0.717, 1.165) is 15.4 Å². The molecule has 230 valence electrons. The van der Waals surface area contributed by atoms with Crippen LogP contribution in [0, 0.1) is 6.92 Å². The highest BCUT2D eigenvalue weighted by Gasteiger charge is 2.35. The predicted octanol–water partition coefficient (Wildman–Crippen LogP) is 6.66. The highest BCUT2D eigenvalue weighted by molar-refractivity contribution is 7.92. The fourth-order valence-corrected chi connectivity index (χ4v) is 6.51. The maximum absolute atomic E-state index is 14.4. The van der Waals surface area contributed by atoms with Crippen LogP contribution in [0.3, 0.4) is 0 Å². The number of aryl methyl sites for hydroxylation is 1. The first-order valence-electron chi connectivity index (χ1n) is 14.3. The Kier molecular flexibility index (Phi) is 11.4. The number of amides is 2. The number of anilines is 1. The first-order chi connectivity index (χ1) is 21.1. The molecule has 0 saturated carbocycles. The molecular formula is C34H35Cl2N3O4S. The standard InChI is InChI=1S/C34H35Cl2N3O4S/c1-3-20-37-34(41)32(21-26-12-6-4-7-13-26)38(23-27-14-10-11-17-30(27)35)33(40)24-39(28-19-18-25(2)31(36)22-28)44(42,43)29-15-8-5-9-16-29/h4-19,22,32H,3,20-21,23-24H2,1-2H3,(H,37,41). The molecule has 4 aromatic carbocycles. The van der Waals surface area contributed by atoms with Crippen LogP contribution in [0.5, 0.6) is 0 Å². The van der Waals surface area contributed by atoms with E-state index in [9.17, 15) is 18.0 Å². The maximum Gasteiger partial charge on any atom is 0.264 e. The molecule has 0 heterocycles. The Bertz CT molecular complexity index is 1690. The summed E-state index contributed by atoms with van der Waals surface area (Å²) in [7, 11) is -4.21. The lowest BCUT2D eigenvalue weighted by atomic mass is 10.0. The third kappa shape index (κ3) is 8.20. The van der Waals surface area contributed by atoms with E-state index in [1.165, 1.54) is 23.1 Å². The minimum absolute atomic E-state index is 0.0105. The molecule has 1 N–H and O–H groups in total. The Morgan fingerprint density at radius 1 is 0.841 bits per heavy atom. The van der Waals surface area contributed by atoms with E-state index in [4.69, 9.17) is 23.2 Å². The molecule has 4 rings (SSSR count). The van der Waals surface area contributed by atoms with Gasteiger partial charge < -0.3 is 10.2 Å². The number of nitrogens with zero attached hydrogens (tertiary/aromatic N) is 2. The van der Waals surface area contributed by atoms with E-state index in [1.54, 1.807) is 54.6 Å². The van der Waals surface area contributed by atoms with Gasteiger partial charge in [-0.25, -0.2) is 8.42 Å². The number of hydrogen-bond acceptors (Lipinski definition) is 4. The number of halogens is 2. The quantitative estimate of drug-likeness (QED) is 0.175. The van der Waals surface area contributed by atoms with E-state index in [1.807, 2.05) is 44.2 Å². The van der Waals surface area contributed by atoms with Crippen LogP contribution < -0.4 is 9.62 Å². The highest BCUT2D eigenvalue weighted by atomic mass is 35.5. The fraction of sp³-hybridized carbons (Fsp3) is 0.235. The van der Waals surface area contributed by atoms with Gasteiger partial charge in [-0.3, -0.25) is 13.9 Å². The molecule has 2 amide bonds. The van der Waals surface area contributed by atoms with Crippen molar-refractivity contribution in [3.05, 3.63) is 130 Å². The molecule has 0 aliphatic rings. The maximum atomic E-state index is 14.4. The fourth-order valence-electron chi connectivity index (χ4n) is 4.72. The van der Waals surface area contributed by atoms with Crippen molar-refractivity contribution in [1.29, 1.82) is 0 Å². The lowest BCUT2D eigenvalue weighted by Crippen LogP contribution is -2.53. The Balaban J connectivity index is 1.81. The van der Waals surface area contributed by atoms with Crippen molar-refractivity contribution in [2.24, 2.45) is 0 Å². The molecule has 0 aliphatic carbocycles. The van der Waals surface area contributed by atoms with Crippen LogP contribution in [-0.4, -0.2) is 44.3 Å². The largest absolute Gasteiger partial charge is 0.354 e. The SMILES string of the molecule is CCCNC(=O)C(Cc1ccccc1)N(Cc1ccccc1Cl)C(=O)CN(c1ccc(C)c(Cl)c1)S(=O)(=O)c1ccccc1. The van der Waals surface area contributed by atoms with Crippen LogP contribution in [0.15, 0.2) is 108 Å². The number of carbonyl (C=O) groups excluding carboxylic acids is 2. The zero-order valence-electron chi connectivity index (χ0n) is 24.6. The molecule has 0 radical (unpaired) electrons. The van der Waals surface area contributed by atoms with E-state index in [0.29, 0.717) is 28.6 Å². The summed E-state index contributed by atoms with van der Waals surface area (Å²) in [6, 6.07) is 28.2. The van der Waals surface area contributed by atoms with E-state index in [-0.39, 0.29) is 29.5 Å². The summed E-state index contributed by atoms with van der Waals surface area (Å²) in [5.74, 6) is -0.916. The van der Waals surface area contributed by atoms with Gasteiger partial charge in [-0.1, -0.05) is 103 Å². The summed E-state index contributed by atoms with van der Waals surface area (Å²) in [5.41, 5.74) is 2.46. The Hall–Kier alpha value is -3.85. The van der Waals surface area contributed by atoms with Gasteiger partial charge in [0.1, 0.15) is 12.6 Å². The summed E-state index contributed by atoms with van der Waals surface area (Å²) in [4.78, 5) is 29.6. The molecule has 0 aromatic heterocycles. The first kappa shape index (κ1) is 33.1. The molecule has 0 aliphatic heterocycles. The monoisotopic (exact) mass is 651 g/mol. The Morgan fingerprint density at radius 3 is 2.11 bits per heavy atom. The second-order valence-corrected chi connectivity index (χ2v) is 13.0. The topological polar surface area (TPSA) is 86.8 Å². The lowest BCUT2D eigenvalue weighted by molar-refractivity contribution is -0.140. The van der Waals surface area contributed by atoms with Gasteiger partial charge in [0.05, 0.1) is 10.6 Å². The molecule has 0 spiro atoms. The average Bonchev–Trinajstić information content (AvgIpc) is 3.03. The van der Waals surface area contributed by atoms with Crippen molar-refractivity contribution in [2.75, 3.05) is 17.4 Å². The van der Waals surface area contributed by atoms with E-state index < -0.39 is 28.5 Å². The van der Waals surface area contributed by atoms with Crippen molar-refractivity contribution >= 4 is 50.7 Å². The molecule has 1 atom stereocenters. The first-order valence-corrected chi connectivity index (χ1v) is 16.5. The van der Waals surface area contributed by atoms with E-state index in [2.05, 4.69) is 5.32 Å². The van der Waals surface area contributed by atoms with Gasteiger partial charge in [0.2, 0.25) is 11.8 Å². The van der Waals surface area contributed by atoms with Crippen molar-refractivity contribution < 1.29 is 18.0 Å². The number of benzene rings is 4. The zero-order chi connectivity index (χ0) is 31.7. The summed E-state index contributed by atoms with van der Waals surface area (Å²) in [6.45, 7) is 3.59. The van der Waals surface area contributed by atoms with Crippen LogP contribution in [0.25, 0.3) is 0 Å². The Morgan fingerprint density at radius 2 is 1.48 bits per heavy atom. The lowest BCUT2D eigenvalue weighted by Gasteiger charge is -2.34. The van der Waals surface area contributed by atoms with Gasteiger partial charge in [-0.05, 0) is 60.4 Å². The number of hydrogen-bond donors (Lipinski definition) is 1. The summed E-state index contributed by atoms with van der Waals surface area (Å²) in [5, 5.41) is 3.71. The van der Waals surface area contributed by atoms with Crippen LogP contribution in [0.1, 0.15) is 30.0 Å². The summed E-state index contributed by atoms with van der Waals surface area (Å²) >= 11 is 13.0. The highest BCUT2D eigenvalue weighted by Crippen LogP contribution is 2.29. The second-order valence-electron chi connectivity index (χ2n) is 10.4. The van der Waals surface area contributed by atoms with Gasteiger partial charge in [-0.15, -0.1) is 0 Å². The molecule has 4 aromatic rings. The van der Waals surface area contributed by atoms with Gasteiger partial charge in [0.15, 0.2) is 0 Å². The number of carbonyl (C=O) groups is 2. The van der Waals surface area contributed by atoms with Gasteiger partial charge in [0, 0.05) is 29.6 Å². The molecule has 1 unspecified atom stereocenters. The van der Waals surface area contributed by atoms with Crippen LogP contribution >= 0.6 is 23.2 Å². The number of sulfonamides is 1. The van der Waals surface area contributed by atoms with Gasteiger partial charge >= 0.3 is 0 Å². The number of rotatable bonds is 13.